The van der Waals surface area contributed by atoms with E-state index in [4.69, 9.17) is 5.84 Å². The molecule has 4 bridgehead atoms. The van der Waals surface area contributed by atoms with E-state index in [2.05, 4.69) is 10.3 Å². The fraction of sp³-hybridized carbons (Fsp3) is 0.714. The number of nitrogens with one attached hydrogen (secondary N) is 1. The van der Waals surface area contributed by atoms with E-state index >= 15 is 0 Å². The molecule has 0 saturated heterocycles. The van der Waals surface area contributed by atoms with Crippen LogP contribution in [0.15, 0.2) is 24.5 Å². The third-order valence-corrected chi connectivity index (χ3v) is 6.98. The summed E-state index contributed by atoms with van der Waals surface area (Å²) in [6, 6.07) is 3.90. The highest BCUT2D eigenvalue weighted by Gasteiger charge is 2.50. The smallest absolute Gasteiger partial charge is 0.331 e. The summed E-state index contributed by atoms with van der Waals surface area (Å²) in [4.78, 5) is 16.3. The summed E-state index contributed by atoms with van der Waals surface area (Å²) >= 11 is 0. The van der Waals surface area contributed by atoms with Crippen LogP contribution in [0.1, 0.15) is 56.9 Å². The van der Waals surface area contributed by atoms with Crippen molar-refractivity contribution in [2.45, 2.75) is 57.8 Å². The molecule has 4 fully saturated rings. The van der Waals surface area contributed by atoms with Gasteiger partial charge in [-0.05, 0) is 98.7 Å². The lowest BCUT2D eigenvalue weighted by molar-refractivity contribution is -0.0596. The molecule has 0 aromatic carbocycles. The van der Waals surface area contributed by atoms with Crippen molar-refractivity contribution in [3.8, 4) is 0 Å². The number of carbonyl (C=O) groups is 1. The van der Waals surface area contributed by atoms with E-state index in [1.807, 2.05) is 12.1 Å². The van der Waals surface area contributed by atoms with Crippen LogP contribution in [0.3, 0.4) is 0 Å². The predicted molar refractivity (Wildman–Crippen MR) is 117 cm³/mol. The molecule has 1 aromatic rings. The van der Waals surface area contributed by atoms with Crippen molar-refractivity contribution in [1.82, 2.24) is 15.3 Å². The van der Waals surface area contributed by atoms with Crippen LogP contribution >= 0.6 is 24.8 Å². The number of carbonyl (C=O) groups excluding carboxylic acids is 1. The summed E-state index contributed by atoms with van der Waals surface area (Å²) in [6.45, 7) is 1.34. The van der Waals surface area contributed by atoms with Crippen molar-refractivity contribution in [2.24, 2.45) is 29.0 Å². The molecule has 0 unspecified atom stereocenters. The van der Waals surface area contributed by atoms with Gasteiger partial charge in [0.05, 0.1) is 0 Å². The zero-order valence-corrected chi connectivity index (χ0v) is 18.1. The Morgan fingerprint density at radius 3 is 2.25 bits per heavy atom. The van der Waals surface area contributed by atoms with Gasteiger partial charge in [-0.1, -0.05) is 0 Å². The maximum atomic E-state index is 12.3. The van der Waals surface area contributed by atoms with E-state index in [1.54, 1.807) is 12.4 Å². The maximum absolute atomic E-state index is 12.3. The van der Waals surface area contributed by atoms with E-state index in [0.29, 0.717) is 18.5 Å². The van der Waals surface area contributed by atoms with Gasteiger partial charge in [-0.3, -0.25) is 9.99 Å². The van der Waals surface area contributed by atoms with Crippen LogP contribution < -0.4 is 11.2 Å². The first-order valence-electron chi connectivity index (χ1n) is 10.3. The summed E-state index contributed by atoms with van der Waals surface area (Å²) < 4.78 is 0. The average Bonchev–Trinajstić information content (AvgIpc) is 2.63. The molecule has 1 aromatic heterocycles. The van der Waals surface area contributed by atoms with E-state index in [0.717, 1.165) is 37.0 Å². The Morgan fingerprint density at radius 2 is 1.68 bits per heavy atom. The predicted octanol–water partition coefficient (Wildman–Crippen LogP) is 4.35. The Hall–Kier alpha value is -1.04. The van der Waals surface area contributed by atoms with Gasteiger partial charge in [0.15, 0.2) is 0 Å². The summed E-state index contributed by atoms with van der Waals surface area (Å²) in [5.74, 6) is 8.91. The largest absolute Gasteiger partial charge is 0.337 e. The van der Waals surface area contributed by atoms with E-state index < -0.39 is 0 Å². The first-order chi connectivity index (χ1) is 12.6. The second-order valence-corrected chi connectivity index (χ2v) is 9.05. The third-order valence-electron chi connectivity index (χ3n) is 6.98. The SMILES string of the molecule is Cl.Cl.NN(CCC12CC3CC(CC(C3)C1)C2)C(=O)NCCCc1ccncc1. The minimum absolute atomic E-state index is 0. The zero-order chi connectivity index (χ0) is 18.0. The highest BCUT2D eigenvalue weighted by atomic mass is 35.5. The average molecular weight is 429 g/mol. The Bertz CT molecular complexity index is 593. The number of aromatic nitrogens is 1. The van der Waals surface area contributed by atoms with Crippen LogP contribution in [0.2, 0.25) is 0 Å². The molecule has 5 rings (SSSR count). The van der Waals surface area contributed by atoms with Crippen molar-refractivity contribution in [1.29, 1.82) is 0 Å². The van der Waals surface area contributed by atoms with Gasteiger partial charge < -0.3 is 5.32 Å². The van der Waals surface area contributed by atoms with Crippen molar-refractivity contribution >= 4 is 30.8 Å². The number of nitrogens with two attached hydrogens (primary N) is 1. The molecule has 0 radical (unpaired) electrons. The van der Waals surface area contributed by atoms with Gasteiger partial charge in [0.25, 0.3) is 0 Å². The Labute approximate surface area is 181 Å². The van der Waals surface area contributed by atoms with Crippen LogP contribution in [0.4, 0.5) is 4.79 Å². The molecule has 0 aliphatic heterocycles. The number of hydrogen-bond acceptors (Lipinski definition) is 3. The summed E-state index contributed by atoms with van der Waals surface area (Å²) in [5, 5.41) is 4.37. The first-order valence-corrected chi connectivity index (χ1v) is 10.3. The molecule has 28 heavy (non-hydrogen) atoms. The second kappa shape index (κ2) is 10.1. The van der Waals surface area contributed by atoms with E-state index in [1.165, 1.54) is 49.1 Å². The number of pyridine rings is 1. The van der Waals surface area contributed by atoms with Crippen molar-refractivity contribution in [3.63, 3.8) is 0 Å². The summed E-state index contributed by atoms with van der Waals surface area (Å²) in [7, 11) is 0. The lowest BCUT2D eigenvalue weighted by Gasteiger charge is -2.57. The highest BCUT2D eigenvalue weighted by Crippen LogP contribution is 2.61. The molecule has 3 N–H and O–H groups in total. The van der Waals surface area contributed by atoms with Crippen LogP contribution in [0.25, 0.3) is 0 Å². The third kappa shape index (κ3) is 5.52. The monoisotopic (exact) mass is 428 g/mol. The Kier molecular flexibility index (Phi) is 8.41. The zero-order valence-electron chi connectivity index (χ0n) is 16.5. The number of aryl methyl sites for hydroxylation is 1. The highest BCUT2D eigenvalue weighted by molar-refractivity contribution is 5.85. The van der Waals surface area contributed by atoms with Crippen molar-refractivity contribution in [3.05, 3.63) is 30.1 Å². The molecule has 4 saturated carbocycles. The van der Waals surface area contributed by atoms with E-state index in [9.17, 15) is 4.79 Å². The fourth-order valence-electron chi connectivity index (χ4n) is 6.19. The molecule has 4 aliphatic rings. The topological polar surface area (TPSA) is 71.2 Å². The molecule has 0 spiro atoms. The standard InChI is InChI=1S/C21H32N4O.2ClH/c22-25(20(26)24-6-1-2-16-3-7-23-8-4-16)9-5-21-13-17-10-18(14-21)12-19(11-17)15-21;;/h3-4,7-8,17-19H,1-2,5-6,9-15,22H2,(H,24,26);2*1H. The van der Waals surface area contributed by atoms with Gasteiger partial charge in [-0.25, -0.2) is 10.6 Å². The molecule has 0 atom stereocenters. The normalized spacial score (nSPS) is 29.5. The minimum atomic E-state index is -0.135. The van der Waals surface area contributed by atoms with Gasteiger partial charge in [0, 0.05) is 25.5 Å². The maximum Gasteiger partial charge on any atom is 0.331 e. The minimum Gasteiger partial charge on any atom is -0.337 e. The van der Waals surface area contributed by atoms with Gasteiger partial charge in [0.2, 0.25) is 0 Å². The lowest BCUT2D eigenvalue weighted by atomic mass is 9.49. The first kappa shape index (κ1) is 23.2. The quantitative estimate of drug-likeness (QED) is 0.293. The van der Waals surface area contributed by atoms with Crippen LogP contribution in [0.5, 0.6) is 0 Å². The number of amides is 2. The summed E-state index contributed by atoms with van der Waals surface area (Å²) in [6.07, 6.45) is 15.1. The lowest BCUT2D eigenvalue weighted by Crippen LogP contribution is -2.50. The van der Waals surface area contributed by atoms with Crippen molar-refractivity contribution in [2.75, 3.05) is 13.1 Å². The molecular formula is C21H34Cl2N4O. The number of hydrazine groups is 1. The number of hydrogen-bond donors (Lipinski definition) is 2. The molecule has 4 aliphatic carbocycles. The van der Waals surface area contributed by atoms with Gasteiger partial charge >= 0.3 is 6.03 Å². The fourth-order valence-corrected chi connectivity index (χ4v) is 6.19. The molecule has 5 nitrogen and oxygen atoms in total. The Morgan fingerprint density at radius 1 is 1.11 bits per heavy atom. The van der Waals surface area contributed by atoms with Gasteiger partial charge in [-0.2, -0.15) is 0 Å². The summed E-state index contributed by atoms with van der Waals surface area (Å²) in [5.41, 5.74) is 1.73. The number of nitrogens with zero attached hydrogens (tertiary/aromatic N) is 2. The number of rotatable bonds is 7. The van der Waals surface area contributed by atoms with Crippen molar-refractivity contribution < 1.29 is 4.79 Å². The van der Waals surface area contributed by atoms with E-state index in [-0.39, 0.29) is 30.8 Å². The van der Waals surface area contributed by atoms with Crippen LogP contribution in [0, 0.1) is 23.2 Å². The molecule has 158 valence electrons. The second-order valence-electron chi connectivity index (χ2n) is 9.05. The molecule has 1 heterocycles. The molecule has 7 heteroatoms. The Balaban J connectivity index is 0.00000140. The number of urea groups is 1. The van der Waals surface area contributed by atoms with Gasteiger partial charge in [0.1, 0.15) is 0 Å². The van der Waals surface area contributed by atoms with Crippen LogP contribution in [-0.2, 0) is 6.42 Å². The van der Waals surface area contributed by atoms with Crippen LogP contribution in [-0.4, -0.2) is 29.1 Å². The number of halogens is 2. The molecule has 2 amide bonds. The molecular weight excluding hydrogens is 395 g/mol. The van der Waals surface area contributed by atoms with Gasteiger partial charge in [-0.15, -0.1) is 24.8 Å².